The van der Waals surface area contributed by atoms with Crippen LogP contribution in [0.5, 0.6) is 0 Å². The molecule has 0 spiro atoms. The standard InChI is InChI=1S/C17H16O2/c18-12-4-7-15-8-10-17(11-9-15)14-19-13-16-5-2-1-3-6-16/h1-12H,13-14H2/b7-4+. The highest BCUT2D eigenvalue weighted by Crippen LogP contribution is 2.09. The molecule has 0 amide bonds. The summed E-state index contributed by atoms with van der Waals surface area (Å²) in [6.45, 7) is 1.21. The Morgan fingerprint density at radius 1 is 0.842 bits per heavy atom. The third-order valence-electron chi connectivity index (χ3n) is 2.73. The van der Waals surface area contributed by atoms with E-state index in [2.05, 4.69) is 0 Å². The van der Waals surface area contributed by atoms with Crippen LogP contribution >= 0.6 is 0 Å². The van der Waals surface area contributed by atoms with Crippen molar-refractivity contribution < 1.29 is 9.53 Å². The van der Waals surface area contributed by atoms with Crippen molar-refractivity contribution in [2.75, 3.05) is 0 Å². The minimum atomic E-state index is 0.590. The smallest absolute Gasteiger partial charge is 0.142 e. The van der Waals surface area contributed by atoms with E-state index in [4.69, 9.17) is 4.74 Å². The molecule has 0 saturated carbocycles. The number of rotatable bonds is 6. The van der Waals surface area contributed by atoms with Crippen LogP contribution in [0.15, 0.2) is 60.7 Å². The molecule has 0 aliphatic heterocycles. The van der Waals surface area contributed by atoms with Crippen LogP contribution in [0.1, 0.15) is 16.7 Å². The molecule has 2 heteroatoms. The van der Waals surface area contributed by atoms with Crippen molar-refractivity contribution in [1.29, 1.82) is 0 Å². The Morgan fingerprint density at radius 3 is 2.11 bits per heavy atom. The zero-order valence-electron chi connectivity index (χ0n) is 10.7. The SMILES string of the molecule is O=C/C=C/c1ccc(COCc2ccccc2)cc1. The summed E-state index contributed by atoms with van der Waals surface area (Å²) in [5.74, 6) is 0. The summed E-state index contributed by atoms with van der Waals surface area (Å²) >= 11 is 0. The van der Waals surface area contributed by atoms with Gasteiger partial charge in [0.05, 0.1) is 13.2 Å². The van der Waals surface area contributed by atoms with E-state index in [1.165, 1.54) is 11.6 Å². The van der Waals surface area contributed by atoms with E-state index in [0.29, 0.717) is 13.2 Å². The minimum absolute atomic E-state index is 0.590. The summed E-state index contributed by atoms with van der Waals surface area (Å²) < 4.78 is 5.65. The molecule has 0 aromatic heterocycles. The summed E-state index contributed by atoms with van der Waals surface area (Å²) in [5, 5.41) is 0. The number of hydrogen-bond donors (Lipinski definition) is 0. The maximum Gasteiger partial charge on any atom is 0.142 e. The van der Waals surface area contributed by atoms with E-state index >= 15 is 0 Å². The fourth-order valence-electron chi connectivity index (χ4n) is 1.74. The summed E-state index contributed by atoms with van der Waals surface area (Å²) in [7, 11) is 0. The van der Waals surface area contributed by atoms with Gasteiger partial charge in [0, 0.05) is 0 Å². The van der Waals surface area contributed by atoms with Gasteiger partial charge in [0.25, 0.3) is 0 Å². The monoisotopic (exact) mass is 252 g/mol. The number of ether oxygens (including phenoxy) is 1. The number of carbonyl (C=O) groups excluding carboxylic acids is 1. The highest BCUT2D eigenvalue weighted by molar-refractivity contribution is 5.73. The van der Waals surface area contributed by atoms with Crippen molar-refractivity contribution in [3.63, 3.8) is 0 Å². The van der Waals surface area contributed by atoms with Gasteiger partial charge in [-0.2, -0.15) is 0 Å². The van der Waals surface area contributed by atoms with E-state index in [1.807, 2.05) is 54.6 Å². The van der Waals surface area contributed by atoms with Crippen molar-refractivity contribution >= 4 is 12.4 Å². The first kappa shape index (κ1) is 13.2. The number of carbonyl (C=O) groups is 1. The lowest BCUT2D eigenvalue weighted by Crippen LogP contribution is -1.93. The molecule has 0 fully saturated rings. The lowest BCUT2D eigenvalue weighted by atomic mass is 10.1. The molecule has 0 N–H and O–H groups in total. The second kappa shape index (κ2) is 7.29. The Morgan fingerprint density at radius 2 is 1.47 bits per heavy atom. The molecular formula is C17H16O2. The van der Waals surface area contributed by atoms with Crippen molar-refractivity contribution in [1.82, 2.24) is 0 Å². The highest BCUT2D eigenvalue weighted by atomic mass is 16.5. The molecule has 0 radical (unpaired) electrons. The predicted octanol–water partition coefficient (Wildman–Crippen LogP) is 3.62. The largest absolute Gasteiger partial charge is 0.372 e. The third-order valence-corrected chi connectivity index (χ3v) is 2.73. The van der Waals surface area contributed by atoms with Gasteiger partial charge in [-0.05, 0) is 22.8 Å². The van der Waals surface area contributed by atoms with E-state index < -0.39 is 0 Å². The summed E-state index contributed by atoms with van der Waals surface area (Å²) in [5.41, 5.74) is 3.31. The molecule has 2 rings (SSSR count). The van der Waals surface area contributed by atoms with Crippen LogP contribution in [0, 0.1) is 0 Å². The molecule has 0 atom stereocenters. The molecule has 0 saturated heterocycles. The molecule has 0 aliphatic carbocycles. The van der Waals surface area contributed by atoms with Crippen LogP contribution < -0.4 is 0 Å². The van der Waals surface area contributed by atoms with E-state index in [0.717, 1.165) is 17.4 Å². The molecule has 19 heavy (non-hydrogen) atoms. The fraction of sp³-hybridized carbons (Fsp3) is 0.118. The molecule has 0 heterocycles. The number of hydrogen-bond acceptors (Lipinski definition) is 2. The van der Waals surface area contributed by atoms with Crippen LogP contribution in [0.3, 0.4) is 0 Å². The average Bonchev–Trinajstić information content (AvgIpc) is 2.47. The number of allylic oxidation sites excluding steroid dienone is 1. The van der Waals surface area contributed by atoms with Gasteiger partial charge in [-0.25, -0.2) is 0 Å². The van der Waals surface area contributed by atoms with Gasteiger partial charge in [0.2, 0.25) is 0 Å². The summed E-state index contributed by atoms with van der Waals surface area (Å²) in [6.07, 6.45) is 4.04. The lowest BCUT2D eigenvalue weighted by molar-refractivity contribution is -0.104. The molecular weight excluding hydrogens is 236 g/mol. The van der Waals surface area contributed by atoms with Crippen molar-refractivity contribution in [3.05, 3.63) is 77.4 Å². The van der Waals surface area contributed by atoms with Crippen LogP contribution in [-0.2, 0) is 22.7 Å². The van der Waals surface area contributed by atoms with E-state index in [1.54, 1.807) is 6.08 Å². The van der Waals surface area contributed by atoms with Gasteiger partial charge in [0.1, 0.15) is 6.29 Å². The molecule has 2 aromatic carbocycles. The fourth-order valence-corrected chi connectivity index (χ4v) is 1.74. The van der Waals surface area contributed by atoms with Crippen LogP contribution in [-0.4, -0.2) is 6.29 Å². The molecule has 0 bridgehead atoms. The second-order valence-electron chi connectivity index (χ2n) is 4.22. The highest BCUT2D eigenvalue weighted by Gasteiger charge is 1.95. The zero-order valence-corrected chi connectivity index (χ0v) is 10.7. The Kier molecular flexibility index (Phi) is 5.08. The van der Waals surface area contributed by atoms with Crippen LogP contribution in [0.2, 0.25) is 0 Å². The number of aldehydes is 1. The summed E-state index contributed by atoms with van der Waals surface area (Å²) in [6, 6.07) is 18.1. The van der Waals surface area contributed by atoms with E-state index in [9.17, 15) is 4.79 Å². The first-order chi connectivity index (χ1) is 9.38. The maximum absolute atomic E-state index is 10.2. The van der Waals surface area contributed by atoms with Crippen LogP contribution in [0.25, 0.3) is 6.08 Å². The molecule has 96 valence electrons. The van der Waals surface area contributed by atoms with Gasteiger partial charge >= 0.3 is 0 Å². The first-order valence-electron chi connectivity index (χ1n) is 6.21. The zero-order chi connectivity index (χ0) is 13.3. The van der Waals surface area contributed by atoms with Gasteiger partial charge in [-0.3, -0.25) is 4.79 Å². The molecule has 0 aliphatic rings. The van der Waals surface area contributed by atoms with Crippen LogP contribution in [0.4, 0.5) is 0 Å². The normalized spacial score (nSPS) is 10.7. The Hall–Kier alpha value is -2.19. The Balaban J connectivity index is 1.83. The first-order valence-corrected chi connectivity index (χ1v) is 6.21. The molecule has 0 unspecified atom stereocenters. The van der Waals surface area contributed by atoms with Gasteiger partial charge in [-0.1, -0.05) is 60.7 Å². The third kappa shape index (κ3) is 4.53. The maximum atomic E-state index is 10.2. The van der Waals surface area contributed by atoms with E-state index in [-0.39, 0.29) is 0 Å². The van der Waals surface area contributed by atoms with Gasteiger partial charge < -0.3 is 4.74 Å². The Bertz CT molecular complexity index is 527. The lowest BCUT2D eigenvalue weighted by Gasteiger charge is -2.05. The summed E-state index contributed by atoms with van der Waals surface area (Å²) in [4.78, 5) is 10.2. The van der Waals surface area contributed by atoms with Crippen molar-refractivity contribution in [2.24, 2.45) is 0 Å². The topological polar surface area (TPSA) is 26.3 Å². The predicted molar refractivity (Wildman–Crippen MR) is 76.5 cm³/mol. The quantitative estimate of drug-likeness (QED) is 0.580. The second-order valence-corrected chi connectivity index (χ2v) is 4.22. The van der Waals surface area contributed by atoms with Crippen molar-refractivity contribution in [2.45, 2.75) is 13.2 Å². The number of benzene rings is 2. The van der Waals surface area contributed by atoms with Gasteiger partial charge in [0.15, 0.2) is 0 Å². The van der Waals surface area contributed by atoms with Crippen molar-refractivity contribution in [3.8, 4) is 0 Å². The average molecular weight is 252 g/mol. The Labute approximate surface area is 113 Å². The van der Waals surface area contributed by atoms with Gasteiger partial charge in [-0.15, -0.1) is 0 Å². The molecule has 2 nitrogen and oxygen atoms in total. The molecule has 2 aromatic rings. The minimum Gasteiger partial charge on any atom is -0.372 e.